The Balaban J connectivity index is 1.81. The molecule has 0 amide bonds. The number of nitrogens with one attached hydrogen (secondary N) is 1. The zero-order valence-corrected chi connectivity index (χ0v) is 12.8. The Morgan fingerprint density at radius 3 is 2.40 bits per heavy atom. The number of ether oxygens (including phenoxy) is 1. The SMILES string of the molecule is CC(CC(O)c1ccccc1)NC1CC(C)OC(C)C1. The first-order chi connectivity index (χ1) is 9.54. The maximum atomic E-state index is 10.3. The molecule has 1 saturated heterocycles. The number of aliphatic hydroxyl groups excluding tert-OH is 1. The molecular weight excluding hydrogens is 250 g/mol. The van der Waals surface area contributed by atoms with E-state index in [4.69, 9.17) is 4.74 Å². The zero-order chi connectivity index (χ0) is 14.5. The quantitative estimate of drug-likeness (QED) is 0.869. The standard InChI is InChI=1S/C17H27NO2/c1-12(9-17(19)15-7-5-4-6-8-15)18-16-10-13(2)20-14(3)11-16/h4-8,12-14,16-19H,9-11H2,1-3H3. The molecule has 3 heteroatoms. The van der Waals surface area contributed by atoms with E-state index in [-0.39, 0.29) is 0 Å². The van der Waals surface area contributed by atoms with Crippen LogP contribution in [0.25, 0.3) is 0 Å². The molecule has 112 valence electrons. The molecule has 1 aliphatic heterocycles. The van der Waals surface area contributed by atoms with E-state index < -0.39 is 6.10 Å². The molecule has 2 N–H and O–H groups in total. The summed E-state index contributed by atoms with van der Waals surface area (Å²) in [4.78, 5) is 0. The van der Waals surface area contributed by atoms with Crippen LogP contribution in [0, 0.1) is 0 Å². The average molecular weight is 277 g/mol. The van der Waals surface area contributed by atoms with E-state index in [1.165, 1.54) is 0 Å². The van der Waals surface area contributed by atoms with E-state index in [0.29, 0.717) is 24.3 Å². The van der Waals surface area contributed by atoms with Crippen molar-refractivity contribution in [2.24, 2.45) is 0 Å². The van der Waals surface area contributed by atoms with Gasteiger partial charge >= 0.3 is 0 Å². The van der Waals surface area contributed by atoms with Crippen LogP contribution in [0.5, 0.6) is 0 Å². The Hall–Kier alpha value is -0.900. The lowest BCUT2D eigenvalue weighted by Crippen LogP contribution is -2.45. The number of aliphatic hydroxyl groups is 1. The lowest BCUT2D eigenvalue weighted by atomic mass is 9.97. The minimum atomic E-state index is -0.395. The van der Waals surface area contributed by atoms with Crippen molar-refractivity contribution >= 4 is 0 Å². The van der Waals surface area contributed by atoms with Gasteiger partial charge in [0, 0.05) is 12.1 Å². The van der Waals surface area contributed by atoms with E-state index in [0.717, 1.165) is 24.8 Å². The molecule has 1 aromatic rings. The maximum Gasteiger partial charge on any atom is 0.0804 e. The van der Waals surface area contributed by atoms with Crippen LogP contribution in [-0.2, 0) is 4.74 Å². The number of hydrogen-bond donors (Lipinski definition) is 2. The molecule has 1 heterocycles. The summed E-state index contributed by atoms with van der Waals surface area (Å²) < 4.78 is 5.76. The van der Waals surface area contributed by atoms with Crippen LogP contribution >= 0.6 is 0 Å². The molecule has 4 atom stereocenters. The van der Waals surface area contributed by atoms with Crippen LogP contribution in [-0.4, -0.2) is 29.4 Å². The maximum absolute atomic E-state index is 10.3. The van der Waals surface area contributed by atoms with Crippen molar-refractivity contribution < 1.29 is 9.84 Å². The van der Waals surface area contributed by atoms with Gasteiger partial charge in [0.2, 0.25) is 0 Å². The minimum absolute atomic E-state index is 0.299. The normalized spacial score (nSPS) is 29.9. The van der Waals surface area contributed by atoms with Gasteiger partial charge in [-0.3, -0.25) is 0 Å². The van der Waals surface area contributed by atoms with E-state index in [2.05, 4.69) is 26.1 Å². The first kappa shape index (κ1) is 15.5. The number of benzene rings is 1. The molecule has 0 saturated carbocycles. The van der Waals surface area contributed by atoms with Gasteiger partial charge in [-0.1, -0.05) is 30.3 Å². The van der Waals surface area contributed by atoms with Crippen molar-refractivity contribution in [3.8, 4) is 0 Å². The Morgan fingerprint density at radius 2 is 1.80 bits per heavy atom. The Morgan fingerprint density at radius 1 is 1.20 bits per heavy atom. The van der Waals surface area contributed by atoms with Crippen LogP contribution in [0.2, 0.25) is 0 Å². The van der Waals surface area contributed by atoms with E-state index >= 15 is 0 Å². The molecule has 20 heavy (non-hydrogen) atoms. The van der Waals surface area contributed by atoms with E-state index in [9.17, 15) is 5.11 Å². The van der Waals surface area contributed by atoms with Gasteiger partial charge in [-0.05, 0) is 45.6 Å². The first-order valence-electron chi connectivity index (χ1n) is 7.69. The van der Waals surface area contributed by atoms with Gasteiger partial charge < -0.3 is 15.2 Å². The van der Waals surface area contributed by atoms with Crippen LogP contribution in [0.4, 0.5) is 0 Å². The molecule has 0 bridgehead atoms. The lowest BCUT2D eigenvalue weighted by molar-refractivity contribution is -0.0439. The summed E-state index contributed by atoms with van der Waals surface area (Å²) in [6.07, 6.45) is 3.09. The minimum Gasteiger partial charge on any atom is -0.388 e. The molecular formula is C17H27NO2. The second kappa shape index (κ2) is 7.21. The fourth-order valence-electron chi connectivity index (χ4n) is 3.16. The highest BCUT2D eigenvalue weighted by molar-refractivity contribution is 5.17. The number of hydrogen-bond acceptors (Lipinski definition) is 3. The third-order valence-electron chi connectivity index (χ3n) is 3.98. The Bertz CT molecular complexity index is 385. The van der Waals surface area contributed by atoms with Gasteiger partial charge in [0.1, 0.15) is 0 Å². The summed E-state index contributed by atoms with van der Waals surface area (Å²) in [5.41, 5.74) is 0.995. The summed E-state index contributed by atoms with van der Waals surface area (Å²) in [7, 11) is 0. The predicted molar refractivity (Wildman–Crippen MR) is 81.6 cm³/mol. The summed E-state index contributed by atoms with van der Waals surface area (Å²) in [6.45, 7) is 6.42. The third kappa shape index (κ3) is 4.58. The van der Waals surface area contributed by atoms with Crippen molar-refractivity contribution in [2.45, 2.75) is 70.4 Å². The molecule has 0 radical (unpaired) electrons. The molecule has 3 nitrogen and oxygen atoms in total. The summed E-state index contributed by atoms with van der Waals surface area (Å²) in [5, 5.41) is 13.9. The van der Waals surface area contributed by atoms with Gasteiger partial charge in [-0.2, -0.15) is 0 Å². The molecule has 0 aromatic heterocycles. The van der Waals surface area contributed by atoms with Crippen molar-refractivity contribution in [3.05, 3.63) is 35.9 Å². The van der Waals surface area contributed by atoms with E-state index in [1.807, 2.05) is 30.3 Å². The van der Waals surface area contributed by atoms with Crippen LogP contribution in [0.1, 0.15) is 51.7 Å². The lowest BCUT2D eigenvalue weighted by Gasteiger charge is -2.34. The first-order valence-corrected chi connectivity index (χ1v) is 7.69. The molecule has 1 aliphatic rings. The predicted octanol–water partition coefficient (Wildman–Crippen LogP) is 3.04. The Labute approximate surface area is 122 Å². The fourth-order valence-corrected chi connectivity index (χ4v) is 3.16. The third-order valence-corrected chi connectivity index (χ3v) is 3.98. The highest BCUT2D eigenvalue weighted by Crippen LogP contribution is 2.22. The molecule has 4 unspecified atom stereocenters. The molecule has 1 fully saturated rings. The van der Waals surface area contributed by atoms with Crippen LogP contribution in [0.15, 0.2) is 30.3 Å². The van der Waals surface area contributed by atoms with Crippen molar-refractivity contribution in [1.29, 1.82) is 0 Å². The topological polar surface area (TPSA) is 41.5 Å². The second-order valence-electron chi connectivity index (χ2n) is 6.16. The molecule has 2 rings (SSSR count). The Kier molecular flexibility index (Phi) is 5.58. The van der Waals surface area contributed by atoms with Gasteiger partial charge in [0.05, 0.1) is 18.3 Å². The van der Waals surface area contributed by atoms with Crippen molar-refractivity contribution in [3.63, 3.8) is 0 Å². The van der Waals surface area contributed by atoms with Crippen molar-refractivity contribution in [2.75, 3.05) is 0 Å². The second-order valence-corrected chi connectivity index (χ2v) is 6.16. The van der Waals surface area contributed by atoms with E-state index in [1.54, 1.807) is 0 Å². The highest BCUT2D eigenvalue weighted by Gasteiger charge is 2.25. The summed E-state index contributed by atoms with van der Waals surface area (Å²) in [5.74, 6) is 0. The molecule has 1 aromatic carbocycles. The average Bonchev–Trinajstić information content (AvgIpc) is 2.38. The monoisotopic (exact) mass is 277 g/mol. The van der Waals surface area contributed by atoms with Crippen LogP contribution in [0.3, 0.4) is 0 Å². The van der Waals surface area contributed by atoms with Gasteiger partial charge in [-0.25, -0.2) is 0 Å². The largest absolute Gasteiger partial charge is 0.388 e. The molecule has 0 aliphatic carbocycles. The van der Waals surface area contributed by atoms with Gasteiger partial charge in [-0.15, -0.1) is 0 Å². The summed E-state index contributed by atoms with van der Waals surface area (Å²) >= 11 is 0. The number of rotatable bonds is 5. The fraction of sp³-hybridized carbons (Fsp3) is 0.647. The van der Waals surface area contributed by atoms with Gasteiger partial charge in [0.25, 0.3) is 0 Å². The van der Waals surface area contributed by atoms with Crippen molar-refractivity contribution in [1.82, 2.24) is 5.32 Å². The smallest absolute Gasteiger partial charge is 0.0804 e. The summed E-state index contributed by atoms with van der Waals surface area (Å²) in [6, 6.07) is 10.7. The van der Waals surface area contributed by atoms with Gasteiger partial charge in [0.15, 0.2) is 0 Å². The molecule has 0 spiro atoms. The van der Waals surface area contributed by atoms with Crippen LogP contribution < -0.4 is 5.32 Å². The highest BCUT2D eigenvalue weighted by atomic mass is 16.5. The zero-order valence-electron chi connectivity index (χ0n) is 12.8.